The van der Waals surface area contributed by atoms with Crippen molar-refractivity contribution in [3.8, 4) is 0 Å². The molecule has 1 aromatic carbocycles. The van der Waals surface area contributed by atoms with Crippen molar-refractivity contribution in [1.29, 1.82) is 5.41 Å². The summed E-state index contributed by atoms with van der Waals surface area (Å²) in [5.41, 5.74) is -0.971. The van der Waals surface area contributed by atoms with Gasteiger partial charge in [-0.05, 0) is 13.0 Å². The number of benzene rings is 1. The summed E-state index contributed by atoms with van der Waals surface area (Å²) in [6, 6.07) is 2.38. The number of anilines is 1. The van der Waals surface area contributed by atoms with Crippen molar-refractivity contribution in [2.24, 2.45) is 0 Å². The molecule has 2 rings (SSSR count). The van der Waals surface area contributed by atoms with Crippen LogP contribution in [0.15, 0.2) is 12.1 Å². The van der Waals surface area contributed by atoms with Crippen molar-refractivity contribution in [3.05, 3.63) is 29.3 Å². The van der Waals surface area contributed by atoms with Gasteiger partial charge in [-0.3, -0.25) is 5.41 Å². The number of ether oxygens (including phenoxy) is 1. The number of methoxy groups -OCH3 is 1. The topological polar surface area (TPSA) is 83.4 Å². The van der Waals surface area contributed by atoms with E-state index in [-0.39, 0.29) is 29.6 Å². The Hall–Kier alpha value is -1.49. The first-order chi connectivity index (χ1) is 11.2. The van der Waals surface area contributed by atoms with Gasteiger partial charge in [-0.25, -0.2) is 8.78 Å². The number of hydrogen-bond acceptors (Lipinski definition) is 4. The number of halogens is 2. The molecule has 0 amide bonds. The van der Waals surface area contributed by atoms with Gasteiger partial charge in [0.25, 0.3) is 0 Å². The number of nitrogens with zero attached hydrogens (tertiary/aromatic N) is 1. The van der Waals surface area contributed by atoms with Gasteiger partial charge in [-0.1, -0.05) is 12.2 Å². The third-order valence-electron chi connectivity index (χ3n) is 3.61. The van der Waals surface area contributed by atoms with E-state index in [0.717, 1.165) is 6.07 Å². The van der Waals surface area contributed by atoms with Crippen LogP contribution >= 0.6 is 12.2 Å². The predicted molar refractivity (Wildman–Crippen MR) is 93.4 cm³/mol. The second-order valence-electron chi connectivity index (χ2n) is 5.57. The van der Waals surface area contributed by atoms with E-state index in [1.807, 2.05) is 0 Å². The van der Waals surface area contributed by atoms with E-state index >= 15 is 0 Å². The van der Waals surface area contributed by atoms with Crippen LogP contribution in [0.4, 0.5) is 14.5 Å². The molecular weight excluding hydrogens is 358 g/mol. The lowest BCUT2D eigenvalue weighted by Crippen LogP contribution is -2.61. The van der Waals surface area contributed by atoms with Crippen LogP contribution in [-0.4, -0.2) is 46.3 Å². The second-order valence-corrected chi connectivity index (χ2v) is 7.54. The molecule has 1 saturated heterocycles. The Balaban J connectivity index is 2.40. The normalized spacial score (nSPS) is 23.8. The Morgan fingerprint density at radius 2 is 2.25 bits per heavy atom. The zero-order valence-electron chi connectivity index (χ0n) is 13.4. The highest BCUT2D eigenvalue weighted by Crippen LogP contribution is 2.32. The summed E-state index contributed by atoms with van der Waals surface area (Å²) in [4.78, 5) is 0.312. The summed E-state index contributed by atoms with van der Waals surface area (Å²) < 4.78 is 46.6. The SMILES string of the molecule is COCC(=S)Nc1cc(F)c(F)c([C@]2(C)C[S+]([O-])N(C)C(=N)N2)c1. The first-order valence-electron chi connectivity index (χ1n) is 6.95. The Bertz CT molecular complexity index is 676. The summed E-state index contributed by atoms with van der Waals surface area (Å²) in [6.07, 6.45) is 0. The molecule has 1 aliphatic rings. The van der Waals surface area contributed by atoms with E-state index in [1.54, 1.807) is 6.92 Å². The average Bonchev–Trinajstić information content (AvgIpc) is 2.48. The highest BCUT2D eigenvalue weighted by atomic mass is 32.2. The average molecular weight is 376 g/mol. The number of guanidine groups is 1. The molecule has 6 nitrogen and oxygen atoms in total. The third-order valence-corrected chi connectivity index (χ3v) is 5.45. The molecule has 0 saturated carbocycles. The van der Waals surface area contributed by atoms with Gasteiger partial charge < -0.3 is 19.9 Å². The monoisotopic (exact) mass is 376 g/mol. The fourth-order valence-corrected chi connectivity index (χ4v) is 3.76. The van der Waals surface area contributed by atoms with Crippen LogP contribution in [0.5, 0.6) is 0 Å². The number of nitrogens with one attached hydrogen (secondary N) is 3. The molecule has 10 heteroatoms. The van der Waals surface area contributed by atoms with E-state index in [9.17, 15) is 13.3 Å². The Morgan fingerprint density at radius 1 is 1.58 bits per heavy atom. The molecule has 0 spiro atoms. The van der Waals surface area contributed by atoms with E-state index < -0.39 is 28.5 Å². The first-order valence-corrected chi connectivity index (χ1v) is 8.63. The van der Waals surface area contributed by atoms with Gasteiger partial charge in [0.15, 0.2) is 17.4 Å². The largest absolute Gasteiger partial charge is 0.593 e. The molecule has 2 atom stereocenters. The summed E-state index contributed by atoms with van der Waals surface area (Å²) in [5, 5.41) is 13.4. The highest BCUT2D eigenvalue weighted by molar-refractivity contribution is 7.89. The maximum Gasteiger partial charge on any atom is 0.234 e. The van der Waals surface area contributed by atoms with Crippen LogP contribution in [0.2, 0.25) is 0 Å². The molecule has 0 radical (unpaired) electrons. The standard InChI is InChI=1S/C14H18F2N4O2S2/c1-14(7-24(21)20(2)13(17)19-14)9-4-8(5-10(15)12(9)16)18-11(23)6-22-3/h4-5H,6-7H2,1-3H3,(H2,17,19)(H,18,23)/t14-,24?/m0/s1. The minimum Gasteiger partial charge on any atom is -0.593 e. The van der Waals surface area contributed by atoms with E-state index in [1.165, 1.54) is 24.5 Å². The lowest BCUT2D eigenvalue weighted by atomic mass is 9.92. The quantitative estimate of drug-likeness (QED) is 0.548. The van der Waals surface area contributed by atoms with E-state index in [4.69, 9.17) is 22.4 Å². The van der Waals surface area contributed by atoms with Gasteiger partial charge in [0.2, 0.25) is 5.96 Å². The minimum absolute atomic E-state index is 0.00574. The molecular formula is C14H18F2N4O2S2. The van der Waals surface area contributed by atoms with Gasteiger partial charge >= 0.3 is 0 Å². The number of thiocarbonyl (C=S) groups is 1. The molecule has 1 unspecified atom stereocenters. The van der Waals surface area contributed by atoms with Crippen LogP contribution in [0.3, 0.4) is 0 Å². The maximum atomic E-state index is 14.4. The zero-order valence-corrected chi connectivity index (χ0v) is 15.0. The summed E-state index contributed by atoms with van der Waals surface area (Å²) >= 11 is 3.51. The number of rotatable bonds is 4. The summed E-state index contributed by atoms with van der Waals surface area (Å²) in [7, 11) is 2.96. The van der Waals surface area contributed by atoms with Gasteiger partial charge in [0.05, 0.1) is 25.0 Å². The van der Waals surface area contributed by atoms with Crippen LogP contribution in [-0.2, 0) is 21.6 Å². The molecule has 24 heavy (non-hydrogen) atoms. The fraction of sp³-hybridized carbons (Fsp3) is 0.429. The van der Waals surface area contributed by atoms with Crippen molar-refractivity contribution in [1.82, 2.24) is 9.62 Å². The maximum absolute atomic E-state index is 14.4. The molecule has 1 aromatic rings. The lowest BCUT2D eigenvalue weighted by molar-refractivity contribution is 0.247. The molecule has 0 aliphatic carbocycles. The third kappa shape index (κ3) is 3.77. The van der Waals surface area contributed by atoms with Crippen LogP contribution < -0.4 is 10.6 Å². The van der Waals surface area contributed by atoms with E-state index in [0.29, 0.717) is 4.99 Å². The molecule has 132 valence electrons. The molecule has 1 aliphatic heterocycles. The zero-order chi connectivity index (χ0) is 18.1. The molecule has 0 aromatic heterocycles. The summed E-state index contributed by atoms with van der Waals surface area (Å²) in [6.45, 7) is 1.71. The van der Waals surface area contributed by atoms with Crippen LogP contribution in [0.1, 0.15) is 12.5 Å². The van der Waals surface area contributed by atoms with Gasteiger partial charge in [-0.2, -0.15) is 4.31 Å². The first kappa shape index (κ1) is 18.8. The second kappa shape index (κ2) is 7.18. The van der Waals surface area contributed by atoms with Crippen molar-refractivity contribution < 1.29 is 18.1 Å². The predicted octanol–water partition coefficient (Wildman–Crippen LogP) is 1.70. The van der Waals surface area contributed by atoms with E-state index in [2.05, 4.69) is 10.6 Å². The molecule has 0 bridgehead atoms. The van der Waals surface area contributed by atoms with Crippen molar-refractivity contribution in [3.63, 3.8) is 0 Å². The van der Waals surface area contributed by atoms with Gasteiger partial charge in [0.1, 0.15) is 10.5 Å². The fourth-order valence-electron chi connectivity index (χ4n) is 2.36. The Morgan fingerprint density at radius 3 is 2.83 bits per heavy atom. The summed E-state index contributed by atoms with van der Waals surface area (Å²) in [5.74, 6) is -2.25. The Labute approximate surface area is 147 Å². The van der Waals surface area contributed by atoms with Gasteiger partial charge in [-0.15, -0.1) is 0 Å². The molecule has 1 heterocycles. The Kier molecular flexibility index (Phi) is 5.63. The van der Waals surface area contributed by atoms with Gasteiger partial charge in [0, 0.05) is 24.4 Å². The van der Waals surface area contributed by atoms with Crippen molar-refractivity contribution in [2.45, 2.75) is 12.5 Å². The van der Waals surface area contributed by atoms with Crippen LogP contribution in [0, 0.1) is 17.0 Å². The van der Waals surface area contributed by atoms with Crippen molar-refractivity contribution in [2.75, 3.05) is 31.8 Å². The minimum atomic E-state index is -1.53. The highest BCUT2D eigenvalue weighted by Gasteiger charge is 2.44. The smallest absolute Gasteiger partial charge is 0.234 e. The van der Waals surface area contributed by atoms with Crippen molar-refractivity contribution >= 4 is 40.2 Å². The lowest BCUT2D eigenvalue weighted by Gasteiger charge is -2.40. The molecule has 3 N–H and O–H groups in total. The van der Waals surface area contributed by atoms with Crippen LogP contribution in [0.25, 0.3) is 0 Å². The number of hydrogen-bond donors (Lipinski definition) is 3. The molecule has 1 fully saturated rings.